The third kappa shape index (κ3) is 3.18. The number of hydrogen-bond acceptors (Lipinski definition) is 3. The Balaban J connectivity index is 1.24. The molecule has 2 heterocycles. The van der Waals surface area contributed by atoms with Crippen LogP contribution in [0.2, 0.25) is 0 Å². The summed E-state index contributed by atoms with van der Waals surface area (Å²) in [5.74, 6) is 0. The van der Waals surface area contributed by atoms with E-state index in [1.54, 1.807) is 12.4 Å². The summed E-state index contributed by atoms with van der Waals surface area (Å²) >= 11 is 1.86. The lowest BCUT2D eigenvalue weighted by Crippen LogP contribution is -1.89. The van der Waals surface area contributed by atoms with E-state index in [-0.39, 0.29) is 0 Å². The Hall–Kier alpha value is -4.60. The molecule has 0 aliphatic rings. The Morgan fingerprint density at radius 2 is 0.892 bits per heavy atom. The zero-order valence-corrected chi connectivity index (χ0v) is 20.7. The molecular weight excluding hydrogens is 468 g/mol. The summed E-state index contributed by atoms with van der Waals surface area (Å²) in [7, 11) is 0. The van der Waals surface area contributed by atoms with Gasteiger partial charge in [-0.2, -0.15) is 0 Å². The van der Waals surface area contributed by atoms with Crippen LogP contribution in [0.4, 0.5) is 0 Å². The lowest BCUT2D eigenvalue weighted by atomic mass is 9.94. The largest absolute Gasteiger partial charge is 0.252 e. The predicted octanol–water partition coefficient (Wildman–Crippen LogP) is 9.64. The lowest BCUT2D eigenvalue weighted by Gasteiger charge is -2.11. The van der Waals surface area contributed by atoms with Crippen LogP contribution in [0.15, 0.2) is 122 Å². The SMILES string of the molecule is c1ccc2c(c1)sc1ccc(-c3ccc(-c4ccc5c(c4)c4ccccc4c4nccnc54)cc3)cc12. The Morgan fingerprint density at radius 1 is 0.378 bits per heavy atom. The van der Waals surface area contributed by atoms with Gasteiger partial charge in [-0.05, 0) is 57.3 Å². The molecule has 0 saturated heterocycles. The first-order chi connectivity index (χ1) is 18.3. The van der Waals surface area contributed by atoms with E-state index in [1.165, 1.54) is 53.2 Å². The fourth-order valence-corrected chi connectivity index (χ4v) is 6.66. The van der Waals surface area contributed by atoms with Gasteiger partial charge in [-0.15, -0.1) is 11.3 Å². The van der Waals surface area contributed by atoms with Crippen molar-refractivity contribution in [2.45, 2.75) is 0 Å². The number of benzene rings is 6. The molecule has 0 saturated carbocycles. The van der Waals surface area contributed by atoms with Gasteiger partial charge in [0.25, 0.3) is 0 Å². The minimum atomic E-state index is 0.953. The van der Waals surface area contributed by atoms with Gasteiger partial charge in [0.1, 0.15) is 0 Å². The molecule has 172 valence electrons. The third-order valence-electron chi connectivity index (χ3n) is 7.37. The van der Waals surface area contributed by atoms with Crippen LogP contribution >= 0.6 is 11.3 Å². The summed E-state index contributed by atoms with van der Waals surface area (Å²) < 4.78 is 2.68. The normalized spacial score (nSPS) is 11.8. The average molecular weight is 489 g/mol. The lowest BCUT2D eigenvalue weighted by molar-refractivity contribution is 1.31. The summed E-state index contributed by atoms with van der Waals surface area (Å²) in [4.78, 5) is 9.33. The van der Waals surface area contributed by atoms with E-state index in [4.69, 9.17) is 0 Å². The van der Waals surface area contributed by atoms with Crippen molar-refractivity contribution in [2.75, 3.05) is 0 Å². The van der Waals surface area contributed by atoms with Gasteiger partial charge < -0.3 is 0 Å². The summed E-state index contributed by atoms with van der Waals surface area (Å²) in [6, 6.07) is 39.6. The van der Waals surface area contributed by atoms with E-state index in [1.807, 2.05) is 11.3 Å². The van der Waals surface area contributed by atoms with Crippen molar-refractivity contribution in [3.05, 3.63) is 122 Å². The van der Waals surface area contributed by atoms with Gasteiger partial charge in [-0.25, -0.2) is 0 Å². The number of thiophene rings is 1. The van der Waals surface area contributed by atoms with Crippen LogP contribution in [-0.2, 0) is 0 Å². The Bertz CT molecular complexity index is 2100. The number of hydrogen-bond donors (Lipinski definition) is 0. The molecule has 3 heteroatoms. The Morgan fingerprint density at radius 3 is 1.62 bits per heavy atom. The quantitative estimate of drug-likeness (QED) is 0.226. The van der Waals surface area contributed by atoms with Gasteiger partial charge in [-0.1, -0.05) is 84.9 Å². The summed E-state index contributed by atoms with van der Waals surface area (Å²) in [6.45, 7) is 0. The number of nitrogens with zero attached hydrogens (tertiary/aromatic N) is 2. The molecule has 2 aromatic heterocycles. The van der Waals surface area contributed by atoms with Crippen molar-refractivity contribution < 1.29 is 0 Å². The average Bonchev–Trinajstić information content (AvgIpc) is 3.35. The van der Waals surface area contributed by atoms with E-state index in [0.717, 1.165) is 21.8 Å². The molecule has 0 N–H and O–H groups in total. The first kappa shape index (κ1) is 20.6. The van der Waals surface area contributed by atoms with Crippen LogP contribution in [0.1, 0.15) is 0 Å². The van der Waals surface area contributed by atoms with Crippen molar-refractivity contribution in [1.29, 1.82) is 0 Å². The van der Waals surface area contributed by atoms with Crippen LogP contribution in [-0.4, -0.2) is 9.97 Å². The molecule has 8 rings (SSSR count). The summed E-state index contributed by atoms with van der Waals surface area (Å²) in [5, 5.41) is 7.36. The second kappa shape index (κ2) is 7.95. The number of fused-ring (bicyclic) bond motifs is 9. The fraction of sp³-hybridized carbons (Fsp3) is 0. The summed E-state index contributed by atoms with van der Waals surface area (Å²) in [6.07, 6.45) is 3.55. The molecule has 0 atom stereocenters. The van der Waals surface area contributed by atoms with E-state index < -0.39 is 0 Å². The molecule has 0 aliphatic heterocycles. The second-order valence-corrected chi connectivity index (χ2v) is 10.5. The second-order valence-electron chi connectivity index (χ2n) is 9.45. The van der Waals surface area contributed by atoms with Gasteiger partial charge in [0.15, 0.2) is 0 Å². The molecule has 8 aromatic rings. The zero-order chi connectivity index (χ0) is 24.3. The summed E-state index contributed by atoms with van der Waals surface area (Å²) in [5.41, 5.74) is 6.79. The van der Waals surface area contributed by atoms with Crippen LogP contribution in [0.5, 0.6) is 0 Å². The molecule has 0 spiro atoms. The smallest absolute Gasteiger partial charge is 0.0971 e. The standard InChI is InChI=1S/C34H20N2S/c1-2-7-27-25(5-1)29-19-23(13-15-28(29)34-33(27)35-17-18-36-34)21-9-11-22(12-10-21)24-14-16-32-30(20-24)26-6-3-4-8-31(26)37-32/h1-20H. The highest BCUT2D eigenvalue weighted by atomic mass is 32.1. The van der Waals surface area contributed by atoms with E-state index in [9.17, 15) is 0 Å². The van der Waals surface area contributed by atoms with E-state index in [2.05, 4.69) is 119 Å². The van der Waals surface area contributed by atoms with Crippen LogP contribution in [0.25, 0.3) is 75.0 Å². The first-order valence-electron chi connectivity index (χ1n) is 12.4. The molecule has 0 radical (unpaired) electrons. The number of aromatic nitrogens is 2. The molecular formula is C34H20N2S. The monoisotopic (exact) mass is 488 g/mol. The van der Waals surface area contributed by atoms with Crippen molar-refractivity contribution in [3.63, 3.8) is 0 Å². The van der Waals surface area contributed by atoms with Crippen molar-refractivity contribution in [1.82, 2.24) is 9.97 Å². The van der Waals surface area contributed by atoms with Crippen molar-refractivity contribution >= 4 is 64.1 Å². The van der Waals surface area contributed by atoms with Gasteiger partial charge in [0, 0.05) is 43.3 Å². The maximum Gasteiger partial charge on any atom is 0.0971 e. The van der Waals surface area contributed by atoms with E-state index in [0.29, 0.717) is 0 Å². The topological polar surface area (TPSA) is 25.8 Å². The van der Waals surface area contributed by atoms with Crippen molar-refractivity contribution in [3.8, 4) is 22.3 Å². The van der Waals surface area contributed by atoms with Crippen LogP contribution in [0, 0.1) is 0 Å². The molecule has 0 bridgehead atoms. The third-order valence-corrected chi connectivity index (χ3v) is 8.53. The Kier molecular flexibility index (Phi) is 4.42. The molecule has 0 unspecified atom stereocenters. The van der Waals surface area contributed by atoms with Crippen LogP contribution in [0.3, 0.4) is 0 Å². The van der Waals surface area contributed by atoms with Crippen LogP contribution < -0.4 is 0 Å². The van der Waals surface area contributed by atoms with Gasteiger partial charge in [0.2, 0.25) is 0 Å². The minimum Gasteiger partial charge on any atom is -0.252 e. The molecule has 2 nitrogen and oxygen atoms in total. The Labute approximate surface area is 217 Å². The molecule has 37 heavy (non-hydrogen) atoms. The molecule has 6 aromatic carbocycles. The van der Waals surface area contributed by atoms with Gasteiger partial charge in [-0.3, -0.25) is 9.97 Å². The number of rotatable bonds is 2. The van der Waals surface area contributed by atoms with Gasteiger partial charge >= 0.3 is 0 Å². The van der Waals surface area contributed by atoms with E-state index >= 15 is 0 Å². The maximum absolute atomic E-state index is 4.68. The first-order valence-corrected chi connectivity index (χ1v) is 13.2. The molecule has 0 fully saturated rings. The highest BCUT2D eigenvalue weighted by Crippen LogP contribution is 2.38. The molecule has 0 aliphatic carbocycles. The zero-order valence-electron chi connectivity index (χ0n) is 19.8. The fourth-order valence-electron chi connectivity index (χ4n) is 5.57. The molecule has 0 amide bonds. The van der Waals surface area contributed by atoms with Crippen molar-refractivity contribution in [2.24, 2.45) is 0 Å². The highest BCUT2D eigenvalue weighted by molar-refractivity contribution is 7.25. The highest BCUT2D eigenvalue weighted by Gasteiger charge is 2.12. The predicted molar refractivity (Wildman–Crippen MR) is 158 cm³/mol. The van der Waals surface area contributed by atoms with Gasteiger partial charge in [0.05, 0.1) is 11.0 Å². The maximum atomic E-state index is 4.68. The minimum absolute atomic E-state index is 0.953.